The summed E-state index contributed by atoms with van der Waals surface area (Å²) in [5.74, 6) is 0.992. The number of hydrogen-bond acceptors (Lipinski definition) is 2. The van der Waals surface area contributed by atoms with Crippen molar-refractivity contribution < 1.29 is 9.30 Å². The zero-order valence-corrected chi connectivity index (χ0v) is 13.0. The normalized spacial score (nSPS) is 21.6. The van der Waals surface area contributed by atoms with Crippen LogP contribution in [0.25, 0.3) is 5.69 Å². The van der Waals surface area contributed by atoms with Crippen LogP contribution >= 0.6 is 0 Å². The van der Waals surface area contributed by atoms with Gasteiger partial charge < -0.3 is 4.74 Å². The fraction of sp³-hybridized carbons (Fsp3) is 0.263. The summed E-state index contributed by atoms with van der Waals surface area (Å²) in [6, 6.07) is 17.2. The number of para-hydroxylation sites is 1. The van der Waals surface area contributed by atoms with Gasteiger partial charge in [-0.05, 0) is 29.7 Å². The maximum atomic E-state index is 6.09. The highest BCUT2D eigenvalue weighted by molar-refractivity contribution is 5.39. The third-order valence-corrected chi connectivity index (χ3v) is 4.99. The number of aryl methyl sites for hydroxylation is 1. The lowest BCUT2D eigenvalue weighted by Crippen LogP contribution is -2.51. The highest BCUT2D eigenvalue weighted by Crippen LogP contribution is 2.35. The van der Waals surface area contributed by atoms with E-state index in [1.807, 2.05) is 4.68 Å². The Morgan fingerprint density at radius 2 is 1.96 bits per heavy atom. The van der Waals surface area contributed by atoms with E-state index in [1.165, 1.54) is 16.7 Å². The Hall–Kier alpha value is -2.46. The number of nitrogens with zero attached hydrogens (tertiary/aromatic N) is 3. The van der Waals surface area contributed by atoms with Gasteiger partial charge in [-0.1, -0.05) is 47.1 Å². The van der Waals surface area contributed by atoms with E-state index in [-0.39, 0.29) is 12.1 Å². The number of hydrogen-bond donors (Lipinski definition) is 0. The van der Waals surface area contributed by atoms with Crippen LogP contribution in [0.4, 0.5) is 0 Å². The molecule has 0 bridgehead atoms. The van der Waals surface area contributed by atoms with Crippen LogP contribution in [-0.2, 0) is 17.8 Å². The van der Waals surface area contributed by atoms with Crippen molar-refractivity contribution in [1.82, 2.24) is 9.78 Å². The summed E-state index contributed by atoms with van der Waals surface area (Å²) < 4.78 is 10.4. The third kappa shape index (κ3) is 1.88. The van der Waals surface area contributed by atoms with E-state index in [9.17, 15) is 0 Å². The van der Waals surface area contributed by atoms with Gasteiger partial charge in [0.15, 0.2) is 0 Å². The number of fused-ring (bicyclic) bond motifs is 5. The number of benzene rings is 2. The van der Waals surface area contributed by atoms with Crippen molar-refractivity contribution >= 4 is 0 Å². The Labute approximate surface area is 135 Å². The van der Waals surface area contributed by atoms with Gasteiger partial charge in [-0.25, -0.2) is 4.57 Å². The molecule has 4 heteroatoms. The van der Waals surface area contributed by atoms with Gasteiger partial charge in [-0.3, -0.25) is 0 Å². The van der Waals surface area contributed by atoms with Gasteiger partial charge in [-0.2, -0.15) is 0 Å². The lowest BCUT2D eigenvalue weighted by molar-refractivity contribution is -0.739. The third-order valence-electron chi connectivity index (χ3n) is 4.99. The summed E-state index contributed by atoms with van der Waals surface area (Å²) in [5, 5.41) is 4.77. The zero-order chi connectivity index (χ0) is 15.4. The van der Waals surface area contributed by atoms with Gasteiger partial charge in [0.05, 0.1) is 0 Å². The van der Waals surface area contributed by atoms with Crippen molar-refractivity contribution in [2.24, 2.45) is 0 Å². The number of ether oxygens (including phenoxy) is 1. The molecule has 0 fully saturated rings. The molecule has 2 aromatic carbocycles. The largest absolute Gasteiger partial charge is 0.363 e. The van der Waals surface area contributed by atoms with Crippen LogP contribution < -0.4 is 4.57 Å². The average molecular weight is 304 g/mol. The molecule has 2 heterocycles. The van der Waals surface area contributed by atoms with Crippen molar-refractivity contribution in [2.45, 2.75) is 32.1 Å². The highest BCUT2D eigenvalue weighted by atomic mass is 16.5. The Balaban J connectivity index is 1.65. The van der Waals surface area contributed by atoms with E-state index in [0.29, 0.717) is 6.61 Å². The molecular formula is C19H18N3O+. The van der Waals surface area contributed by atoms with Gasteiger partial charge in [0.1, 0.15) is 24.4 Å². The molecule has 0 spiro atoms. The van der Waals surface area contributed by atoms with E-state index in [1.54, 1.807) is 0 Å². The van der Waals surface area contributed by atoms with E-state index in [4.69, 9.17) is 9.84 Å². The molecule has 1 aliphatic heterocycles. The molecule has 0 amide bonds. The maximum absolute atomic E-state index is 6.09. The van der Waals surface area contributed by atoms with E-state index >= 15 is 0 Å². The molecule has 2 atom stereocenters. The summed E-state index contributed by atoms with van der Waals surface area (Å²) in [5.41, 5.74) is 5.11. The average Bonchev–Trinajstić information content (AvgIpc) is 3.15. The Bertz CT molecular complexity index is 899. The van der Waals surface area contributed by atoms with Gasteiger partial charge in [0.25, 0.3) is 0 Å². The first-order chi connectivity index (χ1) is 11.3. The molecule has 0 radical (unpaired) electrons. The summed E-state index contributed by atoms with van der Waals surface area (Å²) in [4.78, 5) is 0. The highest BCUT2D eigenvalue weighted by Gasteiger charge is 2.43. The van der Waals surface area contributed by atoms with E-state index < -0.39 is 0 Å². The monoisotopic (exact) mass is 304 g/mol. The standard InChI is InChI=1S/C19H18N3O/c1-13-6-2-5-9-16(13)22-12-21-18(20-22)11-23-17-10-14-7-3-4-8-15(14)19(17)21/h2-9,12,17,19H,10-11H2,1H3/q+1/t17-,19+/m0/s1. The van der Waals surface area contributed by atoms with Crippen LogP contribution in [0.3, 0.4) is 0 Å². The molecule has 3 aromatic rings. The second-order valence-electron chi connectivity index (χ2n) is 6.37. The summed E-state index contributed by atoms with van der Waals surface area (Å²) in [6.07, 6.45) is 3.34. The van der Waals surface area contributed by atoms with Crippen molar-refractivity contribution in [3.05, 3.63) is 77.4 Å². The second kappa shape index (κ2) is 4.77. The van der Waals surface area contributed by atoms with Crippen molar-refractivity contribution in [1.29, 1.82) is 0 Å². The molecule has 4 nitrogen and oxygen atoms in total. The van der Waals surface area contributed by atoms with Crippen LogP contribution in [0.1, 0.15) is 28.6 Å². The molecular weight excluding hydrogens is 286 g/mol. The Kier molecular flexibility index (Phi) is 2.70. The van der Waals surface area contributed by atoms with Gasteiger partial charge >= 0.3 is 5.82 Å². The molecule has 2 aliphatic rings. The smallest absolute Gasteiger partial charge is 0.304 e. The minimum atomic E-state index is 0.222. The fourth-order valence-corrected chi connectivity index (χ4v) is 3.86. The molecule has 0 unspecified atom stereocenters. The Morgan fingerprint density at radius 3 is 2.87 bits per heavy atom. The van der Waals surface area contributed by atoms with Crippen LogP contribution in [0, 0.1) is 6.92 Å². The molecule has 0 saturated heterocycles. The first-order valence-electron chi connectivity index (χ1n) is 8.06. The van der Waals surface area contributed by atoms with Crippen LogP contribution in [0.15, 0.2) is 54.9 Å². The topological polar surface area (TPSA) is 30.9 Å². The molecule has 23 heavy (non-hydrogen) atoms. The second-order valence-corrected chi connectivity index (χ2v) is 6.37. The fourth-order valence-electron chi connectivity index (χ4n) is 3.86. The van der Waals surface area contributed by atoms with Gasteiger partial charge in [0.2, 0.25) is 6.33 Å². The number of aromatic nitrogens is 3. The van der Waals surface area contributed by atoms with Gasteiger partial charge in [0, 0.05) is 11.5 Å². The summed E-state index contributed by atoms with van der Waals surface area (Å²) in [6.45, 7) is 2.69. The Morgan fingerprint density at radius 1 is 1.13 bits per heavy atom. The minimum Gasteiger partial charge on any atom is -0.363 e. The SMILES string of the molecule is Cc1ccccc1-n1c[n+]2c(n1)CO[C@H]1Cc3ccccc3[C@H]12. The zero-order valence-electron chi connectivity index (χ0n) is 13.0. The van der Waals surface area contributed by atoms with Crippen LogP contribution in [-0.4, -0.2) is 15.9 Å². The number of rotatable bonds is 1. The van der Waals surface area contributed by atoms with Crippen molar-refractivity contribution in [3.8, 4) is 5.69 Å². The predicted molar refractivity (Wildman–Crippen MR) is 85.4 cm³/mol. The van der Waals surface area contributed by atoms with Crippen LogP contribution in [0.5, 0.6) is 0 Å². The summed E-state index contributed by atoms with van der Waals surface area (Å²) in [7, 11) is 0. The lowest BCUT2D eigenvalue weighted by atomic mass is 10.1. The summed E-state index contributed by atoms with van der Waals surface area (Å²) >= 11 is 0. The molecule has 0 saturated carbocycles. The van der Waals surface area contributed by atoms with Crippen LogP contribution in [0.2, 0.25) is 0 Å². The van der Waals surface area contributed by atoms with Crippen molar-refractivity contribution in [2.75, 3.05) is 0 Å². The van der Waals surface area contributed by atoms with E-state index in [0.717, 1.165) is 17.9 Å². The van der Waals surface area contributed by atoms with Gasteiger partial charge in [-0.15, -0.1) is 0 Å². The molecule has 114 valence electrons. The first-order valence-corrected chi connectivity index (χ1v) is 8.06. The predicted octanol–water partition coefficient (Wildman–Crippen LogP) is 2.51. The van der Waals surface area contributed by atoms with E-state index in [2.05, 4.69) is 66.3 Å². The lowest BCUT2D eigenvalue weighted by Gasteiger charge is -2.23. The quantitative estimate of drug-likeness (QED) is 0.647. The molecule has 5 rings (SSSR count). The van der Waals surface area contributed by atoms with Crippen molar-refractivity contribution in [3.63, 3.8) is 0 Å². The molecule has 1 aromatic heterocycles. The minimum absolute atomic E-state index is 0.222. The molecule has 0 N–H and O–H groups in total. The maximum Gasteiger partial charge on any atom is 0.304 e. The first kappa shape index (κ1) is 13.0. The molecule has 1 aliphatic carbocycles.